The molecule has 0 fully saturated rings. The highest BCUT2D eigenvalue weighted by Crippen LogP contribution is 2.28. The van der Waals surface area contributed by atoms with E-state index in [-0.39, 0.29) is 5.82 Å². The number of benzene rings is 1. The maximum atomic E-state index is 13.4. The fraction of sp³-hybridized carbons (Fsp3) is 0.353. The Balaban J connectivity index is 2.30. The van der Waals surface area contributed by atoms with Crippen LogP contribution in [0, 0.1) is 12.7 Å². The van der Waals surface area contributed by atoms with Crippen molar-refractivity contribution in [2.75, 3.05) is 6.54 Å². The molecule has 2 rings (SSSR count). The van der Waals surface area contributed by atoms with Crippen LogP contribution in [-0.4, -0.2) is 11.5 Å². The van der Waals surface area contributed by atoms with Gasteiger partial charge >= 0.3 is 0 Å². The topological polar surface area (TPSA) is 34.1 Å². The first-order valence-electron chi connectivity index (χ1n) is 7.27. The van der Waals surface area contributed by atoms with Gasteiger partial charge in [-0.25, -0.2) is 4.39 Å². The van der Waals surface area contributed by atoms with E-state index in [1.807, 2.05) is 32.9 Å². The van der Waals surface area contributed by atoms with Crippen LogP contribution in [0.4, 0.5) is 4.39 Å². The monoisotopic (exact) mass is 288 g/mol. The largest absolute Gasteiger partial charge is 0.455 e. The minimum atomic E-state index is -0.256. The molecule has 1 aromatic carbocycles. The van der Waals surface area contributed by atoms with Gasteiger partial charge in [0.05, 0.1) is 5.69 Å². The summed E-state index contributed by atoms with van der Waals surface area (Å²) in [6, 6.07) is 8.42. The Morgan fingerprint density at radius 1 is 1.14 bits per heavy atom. The molecule has 0 bridgehead atoms. The summed E-state index contributed by atoms with van der Waals surface area (Å²) < 4.78 is 19.4. The molecule has 0 amide bonds. The van der Waals surface area contributed by atoms with E-state index in [1.54, 1.807) is 6.07 Å². The van der Waals surface area contributed by atoms with Crippen molar-refractivity contribution in [2.24, 2.45) is 0 Å². The van der Waals surface area contributed by atoms with Crippen LogP contribution >= 0.6 is 0 Å². The molecule has 0 saturated heterocycles. The van der Waals surface area contributed by atoms with E-state index in [4.69, 9.17) is 4.74 Å². The maximum absolute atomic E-state index is 13.4. The molecule has 0 aliphatic heterocycles. The summed E-state index contributed by atoms with van der Waals surface area (Å²) in [4.78, 5) is 4.48. The van der Waals surface area contributed by atoms with Crippen molar-refractivity contribution in [3.05, 3.63) is 53.1 Å². The number of nitrogens with zero attached hydrogens (tertiary/aromatic N) is 1. The zero-order valence-corrected chi connectivity index (χ0v) is 12.7. The quantitative estimate of drug-likeness (QED) is 0.872. The Hall–Kier alpha value is -1.94. The molecule has 0 radical (unpaired) electrons. The van der Waals surface area contributed by atoms with Gasteiger partial charge < -0.3 is 10.1 Å². The van der Waals surface area contributed by atoms with E-state index in [0.717, 1.165) is 35.7 Å². The fourth-order valence-electron chi connectivity index (χ4n) is 2.11. The molecule has 0 saturated carbocycles. The Bertz CT molecular complexity index is 614. The van der Waals surface area contributed by atoms with Crippen LogP contribution in [0.15, 0.2) is 30.3 Å². The molecule has 4 heteroatoms. The lowest BCUT2D eigenvalue weighted by Gasteiger charge is -2.14. The normalized spacial score (nSPS) is 10.7. The van der Waals surface area contributed by atoms with Crippen LogP contribution in [0.5, 0.6) is 11.5 Å². The molecular weight excluding hydrogens is 267 g/mol. The van der Waals surface area contributed by atoms with Gasteiger partial charge in [0, 0.05) is 17.8 Å². The third-order valence-corrected chi connectivity index (χ3v) is 3.21. The first-order valence-corrected chi connectivity index (χ1v) is 7.27. The predicted molar refractivity (Wildman–Crippen MR) is 82.2 cm³/mol. The molecule has 3 nitrogen and oxygen atoms in total. The van der Waals surface area contributed by atoms with Crippen LogP contribution in [0.25, 0.3) is 0 Å². The Kier molecular flexibility index (Phi) is 5.28. The van der Waals surface area contributed by atoms with Gasteiger partial charge in [0.25, 0.3) is 0 Å². The van der Waals surface area contributed by atoms with Crippen molar-refractivity contribution < 1.29 is 9.13 Å². The van der Waals surface area contributed by atoms with Crippen LogP contribution in [0.3, 0.4) is 0 Å². The molecule has 1 aromatic heterocycles. The number of hydrogen-bond acceptors (Lipinski definition) is 3. The smallest absolute Gasteiger partial charge is 0.148 e. The van der Waals surface area contributed by atoms with E-state index in [0.29, 0.717) is 12.3 Å². The summed E-state index contributed by atoms with van der Waals surface area (Å²) in [6.07, 6.45) is 0.792. The van der Waals surface area contributed by atoms with Crippen LogP contribution in [0.1, 0.15) is 30.8 Å². The summed E-state index contributed by atoms with van der Waals surface area (Å²) in [7, 11) is 0. The highest BCUT2D eigenvalue weighted by atomic mass is 19.1. The van der Waals surface area contributed by atoms with Gasteiger partial charge in [-0.3, -0.25) is 4.98 Å². The Labute approximate surface area is 125 Å². The summed E-state index contributed by atoms with van der Waals surface area (Å²) >= 11 is 0. The van der Waals surface area contributed by atoms with Crippen LogP contribution in [0.2, 0.25) is 0 Å². The summed E-state index contributed by atoms with van der Waals surface area (Å²) in [6.45, 7) is 7.40. The number of pyridine rings is 1. The number of hydrogen-bond donors (Lipinski definition) is 1. The van der Waals surface area contributed by atoms with Crippen LogP contribution < -0.4 is 10.1 Å². The lowest BCUT2D eigenvalue weighted by Crippen LogP contribution is -2.12. The van der Waals surface area contributed by atoms with Gasteiger partial charge in [-0.15, -0.1) is 0 Å². The molecule has 1 N–H and O–H groups in total. The number of halogens is 1. The molecule has 1 heterocycles. The lowest BCUT2D eigenvalue weighted by atomic mass is 10.2. The number of nitrogens with one attached hydrogen (secondary N) is 1. The minimum Gasteiger partial charge on any atom is -0.455 e. The van der Waals surface area contributed by atoms with E-state index in [1.165, 1.54) is 12.1 Å². The molecule has 2 aromatic rings. The average Bonchev–Trinajstić information content (AvgIpc) is 2.48. The minimum absolute atomic E-state index is 0.256. The second-order valence-electron chi connectivity index (χ2n) is 4.89. The van der Waals surface area contributed by atoms with Gasteiger partial charge in [-0.1, -0.05) is 13.8 Å². The number of rotatable bonds is 6. The molecule has 0 spiro atoms. The third-order valence-electron chi connectivity index (χ3n) is 3.21. The van der Waals surface area contributed by atoms with Crippen molar-refractivity contribution in [1.29, 1.82) is 0 Å². The van der Waals surface area contributed by atoms with Crippen molar-refractivity contribution in [1.82, 2.24) is 10.3 Å². The predicted octanol–water partition coefficient (Wildman–Crippen LogP) is 3.99. The third kappa shape index (κ3) is 4.02. The van der Waals surface area contributed by atoms with Gasteiger partial charge in [0.2, 0.25) is 0 Å². The SMILES string of the molecule is CCNCc1cc(F)ccc1Oc1ccc(C)nc1CC. The number of ether oxygens (including phenoxy) is 1. The second-order valence-corrected chi connectivity index (χ2v) is 4.89. The maximum Gasteiger partial charge on any atom is 0.148 e. The molecule has 0 aliphatic rings. The lowest BCUT2D eigenvalue weighted by molar-refractivity contribution is 0.461. The van der Waals surface area contributed by atoms with Crippen molar-refractivity contribution in [3.8, 4) is 11.5 Å². The van der Waals surface area contributed by atoms with Crippen molar-refractivity contribution >= 4 is 0 Å². The first-order chi connectivity index (χ1) is 10.1. The van der Waals surface area contributed by atoms with Gasteiger partial charge in [0.1, 0.15) is 17.3 Å². The fourth-order valence-corrected chi connectivity index (χ4v) is 2.11. The summed E-state index contributed by atoms with van der Waals surface area (Å²) in [5.74, 6) is 1.14. The van der Waals surface area contributed by atoms with Crippen molar-refractivity contribution in [2.45, 2.75) is 33.7 Å². The van der Waals surface area contributed by atoms with Crippen LogP contribution in [-0.2, 0) is 13.0 Å². The van der Waals surface area contributed by atoms with E-state index < -0.39 is 0 Å². The number of aromatic nitrogens is 1. The molecular formula is C17H21FN2O. The zero-order chi connectivity index (χ0) is 15.2. The Morgan fingerprint density at radius 3 is 2.62 bits per heavy atom. The Morgan fingerprint density at radius 2 is 1.90 bits per heavy atom. The summed E-state index contributed by atoms with van der Waals surface area (Å²) in [5.41, 5.74) is 2.68. The number of aryl methyl sites for hydroxylation is 2. The van der Waals surface area contributed by atoms with E-state index in [2.05, 4.69) is 10.3 Å². The second kappa shape index (κ2) is 7.18. The molecule has 0 atom stereocenters. The molecule has 112 valence electrons. The van der Waals surface area contributed by atoms with Crippen molar-refractivity contribution in [3.63, 3.8) is 0 Å². The highest BCUT2D eigenvalue weighted by molar-refractivity contribution is 5.40. The van der Waals surface area contributed by atoms with Gasteiger partial charge in [0.15, 0.2) is 0 Å². The first kappa shape index (κ1) is 15.4. The van der Waals surface area contributed by atoms with Gasteiger partial charge in [-0.2, -0.15) is 0 Å². The molecule has 0 aliphatic carbocycles. The average molecular weight is 288 g/mol. The zero-order valence-electron chi connectivity index (χ0n) is 12.7. The van der Waals surface area contributed by atoms with Gasteiger partial charge in [-0.05, 0) is 50.2 Å². The summed E-state index contributed by atoms with van der Waals surface area (Å²) in [5, 5.41) is 3.19. The van der Waals surface area contributed by atoms with E-state index >= 15 is 0 Å². The standard InChI is InChI=1S/C17H21FN2O/c1-4-15-17(8-6-12(3)20-15)21-16-9-7-14(18)10-13(16)11-19-5-2/h6-10,19H,4-5,11H2,1-3H3. The highest BCUT2D eigenvalue weighted by Gasteiger charge is 2.10. The van der Waals surface area contributed by atoms with E-state index in [9.17, 15) is 4.39 Å². The molecule has 0 unspecified atom stereocenters. The molecule has 21 heavy (non-hydrogen) atoms.